The number of hydrogen-bond donors (Lipinski definition) is 1. The first-order chi connectivity index (χ1) is 19.7. The number of ketones is 1. The van der Waals surface area contributed by atoms with Gasteiger partial charge in [-0.05, 0) is 74.2 Å². The first kappa shape index (κ1) is 29.7. The van der Waals surface area contributed by atoms with Crippen molar-refractivity contribution < 1.29 is 33.6 Å². The van der Waals surface area contributed by atoms with Gasteiger partial charge in [0.25, 0.3) is 11.7 Å². The number of aryl methyl sites for hydroxylation is 1. The fourth-order valence-corrected chi connectivity index (χ4v) is 4.88. The maximum absolute atomic E-state index is 13.4. The molecule has 1 aliphatic heterocycles. The standard InChI is InChI=1S/C33H37NO7/c1-21(2)40-17-9-16-34-30(24-12-15-27(38-4)28(19-24)39-5)29(32(36)33(34)37)31(35)25-13-14-26(22(3)18-25)41-20-23-10-7-6-8-11-23/h6-8,10-15,18-19,21,30,35H,9,16-17,20H2,1-5H3/b31-29-. The zero-order valence-electron chi connectivity index (χ0n) is 24.2. The second-order valence-corrected chi connectivity index (χ2v) is 10.1. The van der Waals surface area contributed by atoms with Gasteiger partial charge in [-0.2, -0.15) is 0 Å². The number of hydrogen-bond acceptors (Lipinski definition) is 7. The van der Waals surface area contributed by atoms with E-state index in [1.165, 1.54) is 19.1 Å². The van der Waals surface area contributed by atoms with Crippen LogP contribution in [0.25, 0.3) is 5.76 Å². The molecule has 1 amide bonds. The molecule has 3 aromatic rings. The van der Waals surface area contributed by atoms with E-state index >= 15 is 0 Å². The summed E-state index contributed by atoms with van der Waals surface area (Å²) in [5.41, 5.74) is 2.87. The fourth-order valence-electron chi connectivity index (χ4n) is 4.88. The molecule has 1 unspecified atom stereocenters. The number of nitrogens with zero attached hydrogens (tertiary/aromatic N) is 1. The van der Waals surface area contributed by atoms with E-state index in [1.807, 2.05) is 51.1 Å². The summed E-state index contributed by atoms with van der Waals surface area (Å²) in [6, 6.07) is 19.4. The van der Waals surface area contributed by atoms with E-state index in [9.17, 15) is 14.7 Å². The van der Waals surface area contributed by atoms with E-state index < -0.39 is 17.7 Å². The number of aliphatic hydroxyl groups is 1. The summed E-state index contributed by atoms with van der Waals surface area (Å²) in [6.45, 7) is 6.86. The number of carbonyl (C=O) groups is 2. The van der Waals surface area contributed by atoms with Gasteiger partial charge in [0.15, 0.2) is 11.5 Å². The quantitative estimate of drug-likeness (QED) is 0.129. The van der Waals surface area contributed by atoms with Crippen molar-refractivity contribution in [3.63, 3.8) is 0 Å². The zero-order valence-corrected chi connectivity index (χ0v) is 24.2. The number of amides is 1. The molecule has 1 heterocycles. The molecule has 1 atom stereocenters. The molecule has 1 aliphatic rings. The third-order valence-electron chi connectivity index (χ3n) is 6.94. The Morgan fingerprint density at radius 3 is 2.29 bits per heavy atom. The van der Waals surface area contributed by atoms with Crippen molar-refractivity contribution in [2.75, 3.05) is 27.4 Å². The molecule has 1 fully saturated rings. The van der Waals surface area contributed by atoms with Crippen LogP contribution in [0.2, 0.25) is 0 Å². The highest BCUT2D eigenvalue weighted by molar-refractivity contribution is 6.46. The third-order valence-corrected chi connectivity index (χ3v) is 6.94. The second-order valence-electron chi connectivity index (χ2n) is 10.1. The summed E-state index contributed by atoms with van der Waals surface area (Å²) in [4.78, 5) is 28.2. The summed E-state index contributed by atoms with van der Waals surface area (Å²) in [7, 11) is 3.06. The highest BCUT2D eigenvalue weighted by Crippen LogP contribution is 2.42. The lowest BCUT2D eigenvalue weighted by atomic mass is 9.94. The Labute approximate surface area is 241 Å². The highest BCUT2D eigenvalue weighted by atomic mass is 16.5. The summed E-state index contributed by atoms with van der Waals surface area (Å²) in [6.07, 6.45) is 0.580. The summed E-state index contributed by atoms with van der Waals surface area (Å²) >= 11 is 0. The molecule has 41 heavy (non-hydrogen) atoms. The van der Waals surface area contributed by atoms with Gasteiger partial charge in [0, 0.05) is 18.7 Å². The SMILES string of the molecule is COc1ccc(C2/C(=C(/O)c3ccc(OCc4ccccc4)c(C)c3)C(=O)C(=O)N2CCCOC(C)C)cc1OC. The van der Waals surface area contributed by atoms with Crippen LogP contribution in [0.3, 0.4) is 0 Å². The van der Waals surface area contributed by atoms with Crippen LogP contribution in [0.15, 0.2) is 72.3 Å². The molecule has 216 valence electrons. The van der Waals surface area contributed by atoms with Crippen LogP contribution in [0.4, 0.5) is 0 Å². The van der Waals surface area contributed by atoms with Gasteiger partial charge >= 0.3 is 0 Å². The molecule has 0 aliphatic carbocycles. The average molecular weight is 560 g/mol. The number of benzene rings is 3. The lowest BCUT2D eigenvalue weighted by Crippen LogP contribution is -2.31. The Morgan fingerprint density at radius 1 is 0.927 bits per heavy atom. The number of ether oxygens (including phenoxy) is 4. The Morgan fingerprint density at radius 2 is 1.63 bits per heavy atom. The predicted octanol–water partition coefficient (Wildman–Crippen LogP) is 5.83. The monoisotopic (exact) mass is 559 g/mol. The molecule has 0 radical (unpaired) electrons. The molecule has 8 nitrogen and oxygen atoms in total. The van der Waals surface area contributed by atoms with Gasteiger partial charge in [0.1, 0.15) is 18.1 Å². The van der Waals surface area contributed by atoms with Crippen LogP contribution in [0.5, 0.6) is 17.2 Å². The van der Waals surface area contributed by atoms with Crippen LogP contribution < -0.4 is 14.2 Å². The number of likely N-dealkylation sites (tertiary alicyclic amines) is 1. The van der Waals surface area contributed by atoms with Crippen LogP contribution in [0.1, 0.15) is 48.6 Å². The molecule has 0 aromatic heterocycles. The minimum absolute atomic E-state index is 0.0179. The Balaban J connectivity index is 1.70. The minimum atomic E-state index is -0.817. The molecule has 0 spiro atoms. The molecular weight excluding hydrogens is 522 g/mol. The van der Waals surface area contributed by atoms with Gasteiger partial charge in [-0.3, -0.25) is 9.59 Å². The number of carbonyl (C=O) groups excluding carboxylic acids is 2. The minimum Gasteiger partial charge on any atom is -0.507 e. The van der Waals surface area contributed by atoms with Crippen molar-refractivity contribution in [3.05, 3.63) is 94.6 Å². The first-order valence-electron chi connectivity index (χ1n) is 13.6. The maximum atomic E-state index is 13.4. The molecule has 0 saturated carbocycles. The van der Waals surface area contributed by atoms with Crippen molar-refractivity contribution in [1.29, 1.82) is 0 Å². The number of aliphatic hydroxyl groups excluding tert-OH is 1. The largest absolute Gasteiger partial charge is 0.507 e. The molecule has 8 heteroatoms. The predicted molar refractivity (Wildman–Crippen MR) is 156 cm³/mol. The van der Waals surface area contributed by atoms with Crippen molar-refractivity contribution in [2.45, 2.75) is 45.9 Å². The van der Waals surface area contributed by atoms with Crippen molar-refractivity contribution >= 4 is 17.4 Å². The van der Waals surface area contributed by atoms with Gasteiger partial charge < -0.3 is 29.0 Å². The smallest absolute Gasteiger partial charge is 0.295 e. The molecular formula is C33H37NO7. The Kier molecular flexibility index (Phi) is 9.68. The topological polar surface area (TPSA) is 94.5 Å². The van der Waals surface area contributed by atoms with Crippen LogP contribution in [-0.4, -0.2) is 55.2 Å². The lowest BCUT2D eigenvalue weighted by Gasteiger charge is -2.26. The molecule has 3 aromatic carbocycles. The molecule has 1 N–H and O–H groups in total. The maximum Gasteiger partial charge on any atom is 0.295 e. The Hall–Kier alpha value is -4.30. The van der Waals surface area contributed by atoms with Gasteiger partial charge in [0.05, 0.1) is 31.9 Å². The van der Waals surface area contributed by atoms with Crippen LogP contribution in [-0.2, 0) is 20.9 Å². The summed E-state index contributed by atoms with van der Waals surface area (Å²) < 4.78 is 22.5. The van der Waals surface area contributed by atoms with Crippen LogP contribution >= 0.6 is 0 Å². The van der Waals surface area contributed by atoms with E-state index in [0.29, 0.717) is 48.0 Å². The molecule has 1 saturated heterocycles. The highest BCUT2D eigenvalue weighted by Gasteiger charge is 2.46. The van der Waals surface area contributed by atoms with Crippen molar-refractivity contribution in [3.8, 4) is 17.2 Å². The fraction of sp³-hybridized carbons (Fsp3) is 0.333. The normalized spacial score (nSPS) is 16.3. The van der Waals surface area contributed by atoms with E-state index in [1.54, 1.807) is 36.4 Å². The third kappa shape index (κ3) is 6.72. The van der Waals surface area contributed by atoms with E-state index in [0.717, 1.165) is 11.1 Å². The lowest BCUT2D eigenvalue weighted by molar-refractivity contribution is -0.140. The number of methoxy groups -OCH3 is 2. The Bertz CT molecular complexity index is 1410. The zero-order chi connectivity index (χ0) is 29.5. The van der Waals surface area contributed by atoms with Crippen molar-refractivity contribution in [1.82, 2.24) is 4.90 Å². The van der Waals surface area contributed by atoms with Gasteiger partial charge in [-0.15, -0.1) is 0 Å². The van der Waals surface area contributed by atoms with E-state index in [-0.39, 0.29) is 24.0 Å². The van der Waals surface area contributed by atoms with Crippen molar-refractivity contribution in [2.24, 2.45) is 0 Å². The second kappa shape index (κ2) is 13.4. The molecule has 0 bridgehead atoms. The van der Waals surface area contributed by atoms with E-state index in [2.05, 4.69) is 0 Å². The van der Waals surface area contributed by atoms with Crippen LogP contribution in [0, 0.1) is 6.92 Å². The van der Waals surface area contributed by atoms with Gasteiger partial charge in [0.2, 0.25) is 0 Å². The first-order valence-corrected chi connectivity index (χ1v) is 13.6. The van der Waals surface area contributed by atoms with Gasteiger partial charge in [-0.1, -0.05) is 36.4 Å². The van der Waals surface area contributed by atoms with Gasteiger partial charge in [-0.25, -0.2) is 0 Å². The number of Topliss-reactive ketones (excluding diaryl/α,β-unsaturated/α-hetero) is 1. The summed E-state index contributed by atoms with van der Waals surface area (Å²) in [5, 5.41) is 11.5. The summed E-state index contributed by atoms with van der Waals surface area (Å²) in [5.74, 6) is -0.0338. The average Bonchev–Trinajstić information content (AvgIpc) is 3.23. The number of rotatable bonds is 12. The van der Waals surface area contributed by atoms with E-state index in [4.69, 9.17) is 18.9 Å². The molecule has 4 rings (SSSR count).